The molecule has 0 saturated heterocycles. The number of carbonyl (C=O) groups is 1. The molecule has 5 nitrogen and oxygen atoms in total. The average molecular weight is 411 g/mol. The van der Waals surface area contributed by atoms with Crippen molar-refractivity contribution in [3.63, 3.8) is 0 Å². The van der Waals surface area contributed by atoms with Gasteiger partial charge >= 0.3 is 4.87 Å². The summed E-state index contributed by atoms with van der Waals surface area (Å²) >= 11 is 1.03. The number of hydrogen-bond acceptors (Lipinski definition) is 4. The Kier molecular flexibility index (Phi) is 5.94. The minimum Gasteiger partial charge on any atom is -0.494 e. The van der Waals surface area contributed by atoms with Crippen molar-refractivity contribution in [2.75, 3.05) is 7.05 Å². The number of hydrogen-bond donors (Lipinski definition) is 2. The van der Waals surface area contributed by atoms with Gasteiger partial charge in [0.25, 0.3) is 0 Å². The van der Waals surface area contributed by atoms with E-state index in [4.69, 9.17) is 0 Å². The second kappa shape index (κ2) is 8.25. The topological polar surface area (TPSA) is 73.4 Å². The quantitative estimate of drug-likeness (QED) is 0.655. The second-order valence-electron chi connectivity index (χ2n) is 8.27. The third-order valence-electron chi connectivity index (χ3n) is 4.69. The van der Waals surface area contributed by atoms with E-state index in [1.807, 2.05) is 70.3 Å². The Balaban J connectivity index is 1.74. The summed E-state index contributed by atoms with van der Waals surface area (Å²) in [5, 5.41) is 9.74. The molecule has 0 radical (unpaired) electrons. The highest BCUT2D eigenvalue weighted by Crippen LogP contribution is 2.25. The van der Waals surface area contributed by atoms with E-state index in [9.17, 15) is 14.7 Å². The van der Waals surface area contributed by atoms with E-state index in [2.05, 4.69) is 11.1 Å². The minimum atomic E-state index is -0.399. The van der Waals surface area contributed by atoms with E-state index in [-0.39, 0.29) is 16.7 Å². The number of amides is 1. The number of nitrogens with one attached hydrogen (secondary N) is 1. The van der Waals surface area contributed by atoms with Crippen LogP contribution in [0.3, 0.4) is 0 Å². The van der Waals surface area contributed by atoms with Crippen molar-refractivity contribution in [3.05, 3.63) is 74.2 Å². The SMILES string of the molecule is CN(Cc1cccc(-c2ccc(Cc3sc(=O)[nH]c3O)cc2)c1)C(=O)C(C)(C)C. The first-order valence-electron chi connectivity index (χ1n) is 9.48. The standard InChI is InChI=1S/C23H26N2O3S/c1-23(2,3)21(27)25(4)14-16-6-5-7-18(12-16)17-10-8-15(9-11-17)13-19-20(26)24-22(28)29-19/h5-12,26H,13-14H2,1-4H3,(H,24,28). The van der Waals surface area contributed by atoms with Crippen LogP contribution in [0.4, 0.5) is 0 Å². The Morgan fingerprint density at radius 3 is 2.34 bits per heavy atom. The van der Waals surface area contributed by atoms with Crippen LogP contribution in [0.2, 0.25) is 0 Å². The summed E-state index contributed by atoms with van der Waals surface area (Å²) in [4.78, 5) is 28.3. The molecule has 3 rings (SSSR count). The highest BCUT2D eigenvalue weighted by Gasteiger charge is 2.24. The predicted molar refractivity (Wildman–Crippen MR) is 117 cm³/mol. The van der Waals surface area contributed by atoms with Gasteiger partial charge in [0, 0.05) is 25.4 Å². The van der Waals surface area contributed by atoms with Crippen LogP contribution in [0.15, 0.2) is 53.3 Å². The van der Waals surface area contributed by atoms with Crippen molar-refractivity contribution < 1.29 is 9.90 Å². The zero-order valence-electron chi connectivity index (χ0n) is 17.2. The van der Waals surface area contributed by atoms with Crippen LogP contribution in [-0.2, 0) is 17.8 Å². The molecule has 29 heavy (non-hydrogen) atoms. The van der Waals surface area contributed by atoms with Crippen molar-refractivity contribution in [1.82, 2.24) is 9.88 Å². The third-order valence-corrected chi connectivity index (χ3v) is 5.56. The fraction of sp³-hybridized carbons (Fsp3) is 0.304. The lowest BCUT2D eigenvalue weighted by atomic mass is 9.94. The molecule has 2 N–H and O–H groups in total. The van der Waals surface area contributed by atoms with Crippen molar-refractivity contribution in [2.24, 2.45) is 5.41 Å². The number of aromatic amines is 1. The van der Waals surface area contributed by atoms with Crippen molar-refractivity contribution in [1.29, 1.82) is 0 Å². The first-order valence-corrected chi connectivity index (χ1v) is 10.3. The summed E-state index contributed by atoms with van der Waals surface area (Å²) in [6.07, 6.45) is 0.509. The van der Waals surface area contributed by atoms with E-state index in [0.717, 1.165) is 33.6 Å². The lowest BCUT2D eigenvalue weighted by molar-refractivity contribution is -0.138. The summed E-state index contributed by atoms with van der Waals surface area (Å²) in [7, 11) is 1.83. The van der Waals surface area contributed by atoms with E-state index < -0.39 is 5.41 Å². The Morgan fingerprint density at radius 2 is 1.76 bits per heavy atom. The molecule has 2 aromatic carbocycles. The summed E-state index contributed by atoms with van der Waals surface area (Å²) in [5.74, 6) is 0.0632. The first-order chi connectivity index (χ1) is 13.6. The normalized spacial score (nSPS) is 11.4. The minimum absolute atomic E-state index is 0.0503. The molecular weight excluding hydrogens is 384 g/mol. The molecule has 3 aromatic rings. The maximum Gasteiger partial charge on any atom is 0.307 e. The number of aromatic nitrogens is 1. The van der Waals surface area contributed by atoms with Gasteiger partial charge in [-0.3, -0.25) is 14.6 Å². The van der Waals surface area contributed by atoms with Gasteiger partial charge in [-0.15, -0.1) is 0 Å². The van der Waals surface area contributed by atoms with Gasteiger partial charge in [0.1, 0.15) is 0 Å². The largest absolute Gasteiger partial charge is 0.494 e. The predicted octanol–water partition coefficient (Wildman–Crippen LogP) is 4.40. The molecule has 1 aromatic heterocycles. The molecule has 0 aliphatic heterocycles. The fourth-order valence-corrected chi connectivity index (χ4v) is 4.00. The zero-order chi connectivity index (χ0) is 21.2. The van der Waals surface area contributed by atoms with Crippen molar-refractivity contribution in [3.8, 4) is 17.0 Å². The third kappa shape index (κ3) is 5.15. The molecule has 1 heterocycles. The Morgan fingerprint density at radius 1 is 1.07 bits per heavy atom. The van der Waals surface area contributed by atoms with Gasteiger partial charge in [-0.25, -0.2) is 0 Å². The molecule has 0 saturated carbocycles. The monoisotopic (exact) mass is 410 g/mol. The van der Waals surface area contributed by atoms with E-state index >= 15 is 0 Å². The van der Waals surface area contributed by atoms with Crippen LogP contribution >= 0.6 is 11.3 Å². The van der Waals surface area contributed by atoms with Gasteiger partial charge in [-0.05, 0) is 28.3 Å². The maximum atomic E-state index is 12.4. The average Bonchev–Trinajstić information content (AvgIpc) is 2.98. The van der Waals surface area contributed by atoms with E-state index in [1.165, 1.54) is 0 Å². The Bertz CT molecular complexity index is 1060. The molecule has 1 amide bonds. The van der Waals surface area contributed by atoms with Crippen LogP contribution in [-0.4, -0.2) is 27.9 Å². The number of rotatable bonds is 5. The van der Waals surface area contributed by atoms with Crippen LogP contribution < -0.4 is 4.87 Å². The number of thiazole rings is 1. The summed E-state index contributed by atoms with van der Waals surface area (Å²) in [5.41, 5.74) is 3.86. The van der Waals surface area contributed by atoms with Crippen molar-refractivity contribution in [2.45, 2.75) is 33.7 Å². The Labute approximate surface area is 174 Å². The number of aromatic hydroxyl groups is 1. The van der Waals surface area contributed by atoms with Crippen LogP contribution in [0.25, 0.3) is 11.1 Å². The van der Waals surface area contributed by atoms with E-state index in [0.29, 0.717) is 17.8 Å². The molecule has 6 heteroatoms. The molecule has 0 aliphatic rings. The van der Waals surface area contributed by atoms with Crippen LogP contribution in [0, 0.1) is 5.41 Å². The number of benzene rings is 2. The second-order valence-corrected chi connectivity index (χ2v) is 9.34. The first kappa shape index (κ1) is 20.9. The van der Waals surface area contributed by atoms with Gasteiger partial charge in [0.15, 0.2) is 0 Å². The van der Waals surface area contributed by atoms with Gasteiger partial charge in [0.05, 0.1) is 4.88 Å². The van der Waals surface area contributed by atoms with Gasteiger partial charge in [0.2, 0.25) is 11.8 Å². The zero-order valence-corrected chi connectivity index (χ0v) is 18.0. The van der Waals surface area contributed by atoms with Gasteiger partial charge in [-0.1, -0.05) is 74.6 Å². The summed E-state index contributed by atoms with van der Waals surface area (Å²) < 4.78 is 0. The summed E-state index contributed by atoms with van der Waals surface area (Å²) in [6, 6.07) is 16.3. The van der Waals surface area contributed by atoms with E-state index in [1.54, 1.807) is 4.90 Å². The highest BCUT2D eigenvalue weighted by atomic mass is 32.1. The van der Waals surface area contributed by atoms with Gasteiger partial charge < -0.3 is 10.0 Å². The number of carbonyl (C=O) groups excluding carboxylic acids is 1. The molecule has 0 unspecified atom stereocenters. The fourth-order valence-electron chi connectivity index (χ4n) is 3.24. The molecule has 0 atom stereocenters. The lowest BCUT2D eigenvalue weighted by Gasteiger charge is -2.26. The molecule has 0 aliphatic carbocycles. The maximum absolute atomic E-state index is 12.4. The molecule has 152 valence electrons. The summed E-state index contributed by atoms with van der Waals surface area (Å²) in [6.45, 7) is 6.34. The molecule has 0 spiro atoms. The molecule has 0 bridgehead atoms. The highest BCUT2D eigenvalue weighted by molar-refractivity contribution is 7.09. The molecule has 0 fully saturated rings. The molecular formula is C23H26N2O3S. The number of nitrogens with zero attached hydrogens (tertiary/aromatic N) is 1. The van der Waals surface area contributed by atoms with Gasteiger partial charge in [-0.2, -0.15) is 0 Å². The smallest absolute Gasteiger partial charge is 0.307 e. The van der Waals surface area contributed by atoms with Crippen molar-refractivity contribution >= 4 is 17.2 Å². The van der Waals surface area contributed by atoms with Crippen LogP contribution in [0.5, 0.6) is 5.88 Å². The number of H-pyrrole nitrogens is 1. The lowest BCUT2D eigenvalue weighted by Crippen LogP contribution is -2.36. The Hall–Kier alpha value is -2.86. The van der Waals surface area contributed by atoms with Crippen LogP contribution in [0.1, 0.15) is 36.8 Å².